The van der Waals surface area contributed by atoms with Crippen molar-refractivity contribution in [1.29, 1.82) is 0 Å². The molecule has 3 unspecified atom stereocenters. The highest BCUT2D eigenvalue weighted by molar-refractivity contribution is 7.80. The Balaban J connectivity index is 4.17. The number of carbonyl (C=O) groups excluding carboxylic acids is 1. The molecule has 19 heavy (non-hydrogen) atoms. The fourth-order valence-electron chi connectivity index (χ4n) is 1.22. The van der Waals surface area contributed by atoms with Crippen molar-refractivity contribution in [3.8, 4) is 0 Å². The van der Waals surface area contributed by atoms with E-state index in [1.165, 1.54) is 0 Å². The molecular weight excluding hydrogens is 272 g/mol. The summed E-state index contributed by atoms with van der Waals surface area (Å²) in [6.07, 6.45) is -1.64. The molecule has 0 saturated carbocycles. The van der Waals surface area contributed by atoms with Crippen LogP contribution in [-0.4, -0.2) is 57.9 Å². The maximum absolute atomic E-state index is 11.5. The third-order valence-corrected chi connectivity index (χ3v) is 2.79. The number of hydrogen-bond acceptors (Lipinski definition) is 7. The highest BCUT2D eigenvalue weighted by Gasteiger charge is 2.23. The van der Waals surface area contributed by atoms with E-state index in [1.807, 2.05) is 6.92 Å². The molecule has 6 nitrogen and oxygen atoms in total. The van der Waals surface area contributed by atoms with Gasteiger partial charge in [0.25, 0.3) is 0 Å². The molecule has 0 rings (SSSR count). The summed E-state index contributed by atoms with van der Waals surface area (Å²) in [4.78, 5) is 11.5. The minimum atomic E-state index is -1.43. The van der Waals surface area contributed by atoms with Crippen LogP contribution >= 0.6 is 12.2 Å². The van der Waals surface area contributed by atoms with E-state index in [0.29, 0.717) is 12.8 Å². The Bertz CT molecular complexity index is 275. The van der Waals surface area contributed by atoms with E-state index in [2.05, 4.69) is 0 Å². The van der Waals surface area contributed by atoms with E-state index < -0.39 is 24.3 Å². The second-order valence-electron chi connectivity index (χ2n) is 4.07. The monoisotopic (exact) mass is 294 g/mol. The van der Waals surface area contributed by atoms with Gasteiger partial charge in [0.05, 0.1) is 19.6 Å². The van der Waals surface area contributed by atoms with Crippen LogP contribution in [-0.2, 0) is 14.3 Å². The molecule has 0 radical (unpaired) electrons. The number of hydrogen-bond donors (Lipinski definition) is 3. The lowest BCUT2D eigenvalue weighted by Gasteiger charge is -2.19. The number of ether oxygens (including phenoxy) is 2. The highest BCUT2D eigenvalue weighted by atomic mass is 32.1. The number of aliphatic hydroxyl groups excluding tert-OH is 3. The molecule has 0 amide bonds. The summed E-state index contributed by atoms with van der Waals surface area (Å²) in [7, 11) is 0. The number of carbonyl (C=O) groups is 1. The van der Waals surface area contributed by atoms with Gasteiger partial charge in [-0.25, -0.2) is 4.79 Å². The van der Waals surface area contributed by atoms with Gasteiger partial charge in [-0.3, -0.25) is 0 Å². The molecule has 0 bridgehead atoms. The fourth-order valence-corrected chi connectivity index (χ4v) is 1.51. The molecule has 0 saturated heterocycles. The van der Waals surface area contributed by atoms with Crippen LogP contribution in [0.3, 0.4) is 0 Å². The summed E-state index contributed by atoms with van der Waals surface area (Å²) in [5, 5.41) is 27.5. The Labute approximate surface area is 118 Å². The normalized spacial score (nSPS) is 15.4. The second kappa shape index (κ2) is 10.1. The summed E-state index contributed by atoms with van der Waals surface area (Å²) in [5.41, 5.74) is 0. The van der Waals surface area contributed by atoms with Gasteiger partial charge < -0.3 is 24.8 Å². The molecule has 0 spiro atoms. The first-order valence-electron chi connectivity index (χ1n) is 6.28. The van der Waals surface area contributed by atoms with Gasteiger partial charge in [-0.1, -0.05) is 13.8 Å². The van der Waals surface area contributed by atoms with Crippen LogP contribution in [0.2, 0.25) is 0 Å². The Morgan fingerprint density at radius 2 is 1.58 bits per heavy atom. The minimum Gasteiger partial charge on any atom is -0.481 e. The lowest BCUT2D eigenvalue weighted by molar-refractivity contribution is -0.161. The topological polar surface area (TPSA) is 96.2 Å². The van der Waals surface area contributed by atoms with Crippen molar-refractivity contribution in [3.63, 3.8) is 0 Å². The smallest absolute Gasteiger partial charge is 0.335 e. The maximum Gasteiger partial charge on any atom is 0.335 e. The summed E-state index contributed by atoms with van der Waals surface area (Å²) < 4.78 is 10.1. The van der Waals surface area contributed by atoms with Gasteiger partial charge in [0.15, 0.2) is 11.2 Å². The molecule has 0 aliphatic heterocycles. The van der Waals surface area contributed by atoms with Crippen molar-refractivity contribution in [2.24, 2.45) is 0 Å². The predicted octanol–water partition coefficient (Wildman–Crippen LogP) is 0.166. The first kappa shape index (κ1) is 18.2. The molecule has 3 atom stereocenters. The first-order chi connectivity index (χ1) is 8.98. The van der Waals surface area contributed by atoms with Gasteiger partial charge in [-0.15, -0.1) is 0 Å². The van der Waals surface area contributed by atoms with Gasteiger partial charge in [0.2, 0.25) is 0 Å². The molecule has 0 aromatic heterocycles. The molecule has 0 fully saturated rings. The molecule has 0 heterocycles. The molecule has 112 valence electrons. The lowest BCUT2D eigenvalue weighted by atomic mass is 10.2. The average Bonchev–Trinajstić information content (AvgIpc) is 2.41. The second-order valence-corrected chi connectivity index (χ2v) is 4.53. The van der Waals surface area contributed by atoms with Gasteiger partial charge >= 0.3 is 5.97 Å². The average molecular weight is 294 g/mol. The largest absolute Gasteiger partial charge is 0.481 e. The van der Waals surface area contributed by atoms with Gasteiger partial charge in [0.1, 0.15) is 12.2 Å². The number of aliphatic hydroxyl groups is 3. The predicted molar refractivity (Wildman–Crippen MR) is 72.7 cm³/mol. The van der Waals surface area contributed by atoms with E-state index in [1.54, 1.807) is 6.92 Å². The molecule has 7 heteroatoms. The van der Waals surface area contributed by atoms with E-state index >= 15 is 0 Å². The third kappa shape index (κ3) is 7.41. The number of esters is 1. The SMILES string of the molecule is CCC(CO)OC(=O)C(O)CC(=S)OC(CC)CO. The van der Waals surface area contributed by atoms with Crippen LogP contribution in [0.5, 0.6) is 0 Å². The van der Waals surface area contributed by atoms with Crippen LogP contribution in [0.4, 0.5) is 0 Å². The van der Waals surface area contributed by atoms with Gasteiger partial charge in [-0.2, -0.15) is 0 Å². The fraction of sp³-hybridized carbons (Fsp3) is 0.833. The maximum atomic E-state index is 11.5. The van der Waals surface area contributed by atoms with Crippen molar-refractivity contribution in [1.82, 2.24) is 0 Å². The lowest BCUT2D eigenvalue weighted by Crippen LogP contribution is -2.32. The molecule has 0 aliphatic carbocycles. The van der Waals surface area contributed by atoms with Crippen molar-refractivity contribution in [2.45, 2.75) is 51.4 Å². The highest BCUT2D eigenvalue weighted by Crippen LogP contribution is 2.07. The molecular formula is C12H22O6S. The molecule has 0 aromatic rings. The zero-order chi connectivity index (χ0) is 14.8. The summed E-state index contributed by atoms with van der Waals surface area (Å²) >= 11 is 4.88. The van der Waals surface area contributed by atoms with Gasteiger partial charge in [0, 0.05) is 0 Å². The zero-order valence-corrected chi connectivity index (χ0v) is 12.1. The third-order valence-electron chi connectivity index (χ3n) is 2.53. The van der Waals surface area contributed by atoms with Crippen LogP contribution in [0.1, 0.15) is 33.1 Å². The Morgan fingerprint density at radius 1 is 1.11 bits per heavy atom. The Morgan fingerprint density at radius 3 is 2.00 bits per heavy atom. The van der Waals surface area contributed by atoms with Crippen molar-refractivity contribution in [2.75, 3.05) is 13.2 Å². The standard InChI is InChI=1S/C12H22O6S/c1-3-8(6-13)17-11(19)5-10(15)12(16)18-9(4-2)7-14/h8-10,13-15H,3-7H2,1-2H3. The molecule has 0 aromatic carbocycles. The first-order valence-corrected chi connectivity index (χ1v) is 6.68. The van der Waals surface area contributed by atoms with Crippen molar-refractivity contribution in [3.05, 3.63) is 0 Å². The van der Waals surface area contributed by atoms with E-state index in [9.17, 15) is 9.90 Å². The quantitative estimate of drug-likeness (QED) is 0.412. The summed E-state index contributed by atoms with van der Waals surface area (Å²) in [6, 6.07) is 0. The summed E-state index contributed by atoms with van der Waals surface area (Å²) in [5.74, 6) is -0.844. The number of rotatable bonds is 9. The Hall–Kier alpha value is -0.760. The van der Waals surface area contributed by atoms with E-state index in [0.717, 1.165) is 0 Å². The van der Waals surface area contributed by atoms with E-state index in [-0.39, 0.29) is 24.7 Å². The van der Waals surface area contributed by atoms with E-state index in [4.69, 9.17) is 31.9 Å². The van der Waals surface area contributed by atoms with Crippen molar-refractivity contribution >= 4 is 23.2 Å². The van der Waals surface area contributed by atoms with Crippen LogP contribution in [0, 0.1) is 0 Å². The number of thiocarbonyl (C=S) groups is 1. The van der Waals surface area contributed by atoms with Crippen LogP contribution in [0.25, 0.3) is 0 Å². The summed E-state index contributed by atoms with van der Waals surface area (Å²) in [6.45, 7) is 3.10. The van der Waals surface area contributed by atoms with Crippen LogP contribution in [0.15, 0.2) is 0 Å². The minimum absolute atomic E-state index is 0.0439. The van der Waals surface area contributed by atoms with Crippen molar-refractivity contribution < 1.29 is 29.6 Å². The molecule has 0 aliphatic rings. The zero-order valence-electron chi connectivity index (χ0n) is 11.2. The van der Waals surface area contributed by atoms with Gasteiger partial charge in [-0.05, 0) is 25.1 Å². The Kier molecular flexibility index (Phi) is 9.68. The molecule has 3 N–H and O–H groups in total. The van der Waals surface area contributed by atoms with Crippen LogP contribution < -0.4 is 0 Å².